The first kappa shape index (κ1) is 17.9. The van der Waals surface area contributed by atoms with Gasteiger partial charge in [-0.3, -0.25) is 0 Å². The molecule has 2 nitrogen and oxygen atoms in total. The second-order valence-electron chi connectivity index (χ2n) is 3.49. The molecule has 0 aromatic heterocycles. The monoisotopic (exact) mass is 378 g/mol. The molecule has 0 N–H and O–H groups in total. The van der Waals surface area contributed by atoms with Gasteiger partial charge in [-0.2, -0.15) is 0 Å². The molecule has 1 aromatic carbocycles. The molecule has 0 saturated carbocycles. The second-order valence-corrected chi connectivity index (χ2v) is 11.1. The standard InChI is InChI=1S/C11H14Cl3O2PS2/c1-3-5-19-17(18,15-4-2)16-11-9(13)6-8(12)7-10(11)14/h6-7H,3-5H2,1-2H3. The van der Waals surface area contributed by atoms with Gasteiger partial charge >= 0.3 is 0 Å². The van der Waals surface area contributed by atoms with Gasteiger partial charge in [0.05, 0.1) is 16.7 Å². The van der Waals surface area contributed by atoms with E-state index >= 15 is 0 Å². The molecular weight excluding hydrogens is 366 g/mol. The highest BCUT2D eigenvalue weighted by molar-refractivity contribution is 8.68. The molecule has 0 bridgehead atoms. The fraction of sp³-hybridized carbons (Fsp3) is 0.455. The lowest BCUT2D eigenvalue weighted by atomic mass is 10.3. The molecule has 1 atom stereocenters. The number of hydrogen-bond donors (Lipinski definition) is 0. The Morgan fingerprint density at radius 1 is 1.21 bits per heavy atom. The Balaban J connectivity index is 3.00. The van der Waals surface area contributed by atoms with Gasteiger partial charge in [0, 0.05) is 10.8 Å². The van der Waals surface area contributed by atoms with E-state index in [0.717, 1.165) is 12.2 Å². The van der Waals surface area contributed by atoms with Crippen LogP contribution in [0, 0.1) is 0 Å². The lowest BCUT2D eigenvalue weighted by molar-refractivity contribution is 0.344. The van der Waals surface area contributed by atoms with Crippen LogP contribution in [-0.2, 0) is 16.3 Å². The van der Waals surface area contributed by atoms with Crippen molar-refractivity contribution in [2.24, 2.45) is 0 Å². The number of halogens is 3. The highest BCUT2D eigenvalue weighted by Crippen LogP contribution is 2.62. The average molecular weight is 380 g/mol. The van der Waals surface area contributed by atoms with Gasteiger partial charge in [-0.25, -0.2) is 0 Å². The molecular formula is C11H14Cl3O2PS2. The summed E-state index contributed by atoms with van der Waals surface area (Å²) in [6.07, 6.45) is 0.988. The molecule has 1 rings (SSSR count). The fourth-order valence-electron chi connectivity index (χ4n) is 1.18. The summed E-state index contributed by atoms with van der Waals surface area (Å²) in [7, 11) is 0. The van der Waals surface area contributed by atoms with Crippen molar-refractivity contribution in [2.75, 3.05) is 12.4 Å². The molecule has 0 fully saturated rings. The maximum Gasteiger partial charge on any atom is 0.297 e. The summed E-state index contributed by atoms with van der Waals surface area (Å²) in [5.74, 6) is 1.20. The molecule has 0 aliphatic heterocycles. The molecule has 0 saturated heterocycles. The van der Waals surface area contributed by atoms with Crippen LogP contribution in [0.5, 0.6) is 5.75 Å². The van der Waals surface area contributed by atoms with E-state index in [-0.39, 0.29) is 0 Å². The quantitative estimate of drug-likeness (QED) is 0.508. The minimum atomic E-state index is -2.49. The zero-order chi connectivity index (χ0) is 14.5. The number of benzene rings is 1. The normalized spacial score (nSPS) is 14.2. The average Bonchev–Trinajstić information content (AvgIpc) is 2.32. The largest absolute Gasteiger partial charge is 0.433 e. The maximum atomic E-state index is 6.09. The van der Waals surface area contributed by atoms with Gasteiger partial charge in [-0.15, -0.1) is 0 Å². The summed E-state index contributed by atoms with van der Waals surface area (Å²) in [6.45, 7) is 4.43. The van der Waals surface area contributed by atoms with Gasteiger partial charge in [0.1, 0.15) is 0 Å². The summed E-state index contributed by atoms with van der Waals surface area (Å²) >= 11 is 25.0. The van der Waals surface area contributed by atoms with E-state index < -0.39 is 5.69 Å². The van der Waals surface area contributed by atoms with Crippen molar-refractivity contribution in [2.45, 2.75) is 20.3 Å². The molecule has 0 heterocycles. The Labute approximate surface area is 138 Å². The Morgan fingerprint density at radius 2 is 1.79 bits per heavy atom. The van der Waals surface area contributed by atoms with Crippen molar-refractivity contribution in [1.82, 2.24) is 0 Å². The molecule has 0 amide bonds. The Morgan fingerprint density at radius 3 is 2.26 bits per heavy atom. The first-order valence-electron chi connectivity index (χ1n) is 5.65. The van der Waals surface area contributed by atoms with Crippen molar-refractivity contribution in [3.63, 3.8) is 0 Å². The Hall–Kier alpha value is 0.850. The summed E-state index contributed by atoms with van der Waals surface area (Å²) in [4.78, 5) is 0. The maximum absolute atomic E-state index is 6.09. The molecule has 19 heavy (non-hydrogen) atoms. The zero-order valence-corrected chi connectivity index (χ0v) is 15.3. The third kappa shape index (κ3) is 5.62. The Bertz CT molecular complexity index is 462. The smallest absolute Gasteiger partial charge is 0.297 e. The van der Waals surface area contributed by atoms with Gasteiger partial charge in [0.25, 0.3) is 5.69 Å². The van der Waals surface area contributed by atoms with Crippen LogP contribution in [0.15, 0.2) is 12.1 Å². The summed E-state index contributed by atoms with van der Waals surface area (Å²) in [6, 6.07) is 3.14. The van der Waals surface area contributed by atoms with Crippen LogP contribution in [-0.4, -0.2) is 12.4 Å². The highest BCUT2D eigenvalue weighted by Gasteiger charge is 2.24. The van der Waals surface area contributed by atoms with E-state index in [4.69, 9.17) is 55.7 Å². The first-order chi connectivity index (χ1) is 8.91. The number of hydrogen-bond acceptors (Lipinski definition) is 4. The van der Waals surface area contributed by atoms with Crippen molar-refractivity contribution in [3.05, 3.63) is 27.2 Å². The van der Waals surface area contributed by atoms with E-state index in [9.17, 15) is 0 Å². The molecule has 1 aromatic rings. The lowest BCUT2D eigenvalue weighted by Gasteiger charge is -2.22. The van der Waals surface area contributed by atoms with Crippen LogP contribution in [0.3, 0.4) is 0 Å². The minimum Gasteiger partial charge on any atom is -0.433 e. The molecule has 8 heteroatoms. The van der Waals surface area contributed by atoms with Crippen molar-refractivity contribution >= 4 is 63.7 Å². The van der Waals surface area contributed by atoms with Crippen LogP contribution < -0.4 is 4.52 Å². The lowest BCUT2D eigenvalue weighted by Crippen LogP contribution is -1.97. The molecule has 0 aliphatic carbocycles. The Kier molecular flexibility index (Phi) is 7.85. The van der Waals surface area contributed by atoms with Gasteiger partial charge in [-0.1, -0.05) is 53.1 Å². The van der Waals surface area contributed by atoms with E-state index in [1.54, 1.807) is 12.1 Å². The van der Waals surface area contributed by atoms with E-state index in [2.05, 4.69) is 6.92 Å². The van der Waals surface area contributed by atoms with Gasteiger partial charge in [0.2, 0.25) is 0 Å². The fourth-order valence-corrected chi connectivity index (χ4v) is 6.85. The molecule has 0 radical (unpaired) electrons. The summed E-state index contributed by atoms with van der Waals surface area (Å²) in [5, 5.41) is 1.13. The SMILES string of the molecule is CCCSP(=S)(OCC)Oc1c(Cl)cc(Cl)cc1Cl. The van der Waals surface area contributed by atoms with Crippen LogP contribution in [0.2, 0.25) is 15.1 Å². The van der Waals surface area contributed by atoms with Crippen LogP contribution in [0.1, 0.15) is 20.3 Å². The topological polar surface area (TPSA) is 18.5 Å². The molecule has 0 aliphatic rings. The third-order valence-corrected chi connectivity index (χ3v) is 8.10. The number of rotatable bonds is 7. The van der Waals surface area contributed by atoms with Crippen LogP contribution >= 0.6 is 51.9 Å². The zero-order valence-electron chi connectivity index (χ0n) is 10.5. The predicted octanol–water partition coefficient (Wildman–Crippen LogP) is 6.43. The summed E-state index contributed by atoms with van der Waals surface area (Å²) in [5.41, 5.74) is -2.49. The van der Waals surface area contributed by atoms with E-state index in [0.29, 0.717) is 27.4 Å². The molecule has 0 spiro atoms. The van der Waals surface area contributed by atoms with Gasteiger partial charge < -0.3 is 9.05 Å². The molecule has 108 valence electrons. The summed E-state index contributed by atoms with van der Waals surface area (Å²) < 4.78 is 11.4. The van der Waals surface area contributed by atoms with Crippen molar-refractivity contribution < 1.29 is 9.05 Å². The highest BCUT2D eigenvalue weighted by atomic mass is 35.5. The van der Waals surface area contributed by atoms with E-state index in [1.165, 1.54) is 11.4 Å². The molecule has 1 unspecified atom stereocenters. The van der Waals surface area contributed by atoms with Crippen LogP contribution in [0.4, 0.5) is 0 Å². The predicted molar refractivity (Wildman–Crippen MR) is 90.8 cm³/mol. The van der Waals surface area contributed by atoms with Crippen LogP contribution in [0.25, 0.3) is 0 Å². The van der Waals surface area contributed by atoms with Crippen molar-refractivity contribution in [3.8, 4) is 5.75 Å². The van der Waals surface area contributed by atoms with E-state index in [1.807, 2.05) is 6.92 Å². The van der Waals surface area contributed by atoms with Gasteiger partial charge in [0.15, 0.2) is 5.75 Å². The van der Waals surface area contributed by atoms with Crippen molar-refractivity contribution in [1.29, 1.82) is 0 Å². The minimum absolute atomic E-state index is 0.337. The second kappa shape index (κ2) is 8.33. The first-order valence-corrected chi connectivity index (χ1v) is 11.0. The third-order valence-electron chi connectivity index (χ3n) is 1.91. The van der Waals surface area contributed by atoms with Gasteiger partial charge in [-0.05, 0) is 37.3 Å².